The van der Waals surface area contributed by atoms with Crippen LogP contribution in [0.2, 0.25) is 0 Å². The molecule has 184 valence electrons. The number of carbonyl (C=O) groups is 2. The number of hydrogen-bond donors (Lipinski definition) is 4. The van der Waals surface area contributed by atoms with Gasteiger partial charge in [0.05, 0.1) is 12.4 Å². The summed E-state index contributed by atoms with van der Waals surface area (Å²) in [6, 6.07) is 13.1. The third-order valence-corrected chi connectivity index (χ3v) is 5.68. The van der Waals surface area contributed by atoms with Crippen LogP contribution in [0.3, 0.4) is 0 Å². The monoisotopic (exact) mass is 489 g/mol. The second kappa shape index (κ2) is 9.88. The fraction of sp³-hybridized carbons (Fsp3) is 0.208. The molecule has 2 unspecified atom stereocenters. The van der Waals surface area contributed by atoms with Crippen molar-refractivity contribution in [1.82, 2.24) is 19.5 Å². The molecule has 1 aliphatic heterocycles. The number of para-hydroxylation sites is 1. The Hall–Kier alpha value is -4.71. The average Bonchev–Trinajstić information content (AvgIpc) is 3.51. The van der Waals surface area contributed by atoms with Gasteiger partial charge in [-0.3, -0.25) is 9.88 Å². The SMILES string of the molecule is Nc1ccc(OCC2CCC(n3cnc4c(NC(=O)Nc5ccccc5)ncnc43)O2)c(C(=O)O)c1. The Kier molecular flexibility index (Phi) is 6.33. The highest BCUT2D eigenvalue weighted by Gasteiger charge is 2.29. The largest absolute Gasteiger partial charge is 0.490 e. The Bertz CT molecular complexity index is 1410. The van der Waals surface area contributed by atoms with E-state index in [0.717, 1.165) is 0 Å². The number of ether oxygens (including phenoxy) is 2. The van der Waals surface area contributed by atoms with Crippen molar-refractivity contribution in [3.8, 4) is 5.75 Å². The van der Waals surface area contributed by atoms with E-state index in [2.05, 4.69) is 25.6 Å². The van der Waals surface area contributed by atoms with Gasteiger partial charge in [-0.25, -0.2) is 24.5 Å². The number of nitrogens with two attached hydrogens (primary N) is 1. The Balaban J connectivity index is 1.25. The van der Waals surface area contributed by atoms with Gasteiger partial charge in [0.25, 0.3) is 0 Å². The number of carboxylic acids is 1. The predicted octanol–water partition coefficient (Wildman–Crippen LogP) is 3.51. The summed E-state index contributed by atoms with van der Waals surface area (Å²) in [5.74, 6) is -0.613. The molecule has 2 atom stereocenters. The lowest BCUT2D eigenvalue weighted by atomic mass is 10.2. The maximum Gasteiger partial charge on any atom is 0.339 e. The number of aromatic carboxylic acids is 1. The number of fused-ring (bicyclic) bond motifs is 1. The molecule has 2 aromatic heterocycles. The summed E-state index contributed by atoms with van der Waals surface area (Å²) in [6.07, 6.45) is 3.70. The van der Waals surface area contributed by atoms with Crippen molar-refractivity contribution in [3.05, 3.63) is 66.7 Å². The van der Waals surface area contributed by atoms with Crippen LogP contribution in [0.25, 0.3) is 11.2 Å². The van der Waals surface area contributed by atoms with Crippen LogP contribution in [0.4, 0.5) is 22.0 Å². The van der Waals surface area contributed by atoms with Crippen LogP contribution in [0.5, 0.6) is 5.75 Å². The molecule has 0 saturated carbocycles. The number of amides is 2. The summed E-state index contributed by atoms with van der Waals surface area (Å²) >= 11 is 0. The molecular weight excluding hydrogens is 466 g/mol. The number of aromatic nitrogens is 4. The molecule has 0 bridgehead atoms. The first-order chi connectivity index (χ1) is 17.5. The van der Waals surface area contributed by atoms with Gasteiger partial charge in [0.15, 0.2) is 17.0 Å². The molecule has 2 amide bonds. The van der Waals surface area contributed by atoms with Crippen molar-refractivity contribution in [3.63, 3.8) is 0 Å². The van der Waals surface area contributed by atoms with Crippen LogP contribution in [-0.4, -0.2) is 49.3 Å². The molecule has 5 rings (SSSR count). The van der Waals surface area contributed by atoms with Gasteiger partial charge in [0.1, 0.15) is 30.5 Å². The standard InChI is InChI=1S/C24H23N7O5/c25-14-6-8-18(17(10-14)23(32)33)35-11-16-7-9-19(36-16)31-13-28-20-21(26-12-27-22(20)31)30-24(34)29-15-4-2-1-3-5-15/h1-6,8,10,12-13,16,19H,7,9,11,25H2,(H,32,33)(H2,26,27,29,30,34). The van der Waals surface area contributed by atoms with E-state index in [0.29, 0.717) is 35.4 Å². The summed E-state index contributed by atoms with van der Waals surface area (Å²) in [4.78, 5) is 36.7. The summed E-state index contributed by atoms with van der Waals surface area (Å²) < 4.78 is 13.6. The number of nitrogen functional groups attached to an aromatic ring is 1. The van der Waals surface area contributed by atoms with Crippen molar-refractivity contribution < 1.29 is 24.2 Å². The maximum atomic E-state index is 12.4. The van der Waals surface area contributed by atoms with Gasteiger partial charge in [0.2, 0.25) is 0 Å². The highest BCUT2D eigenvalue weighted by atomic mass is 16.6. The number of hydrogen-bond acceptors (Lipinski definition) is 8. The smallest absolute Gasteiger partial charge is 0.339 e. The third kappa shape index (κ3) is 4.88. The highest BCUT2D eigenvalue weighted by Crippen LogP contribution is 2.32. The van der Waals surface area contributed by atoms with E-state index in [9.17, 15) is 14.7 Å². The Labute approximate surface area is 205 Å². The predicted molar refractivity (Wildman–Crippen MR) is 131 cm³/mol. The van der Waals surface area contributed by atoms with Gasteiger partial charge in [-0.05, 0) is 43.2 Å². The van der Waals surface area contributed by atoms with E-state index >= 15 is 0 Å². The zero-order valence-electron chi connectivity index (χ0n) is 19.0. The first kappa shape index (κ1) is 23.1. The van der Waals surface area contributed by atoms with Crippen molar-refractivity contribution in [2.75, 3.05) is 23.0 Å². The lowest BCUT2D eigenvalue weighted by Crippen LogP contribution is -2.20. The molecule has 12 nitrogen and oxygen atoms in total. The zero-order valence-corrected chi connectivity index (χ0v) is 19.0. The van der Waals surface area contributed by atoms with Crippen LogP contribution < -0.4 is 21.1 Å². The van der Waals surface area contributed by atoms with Crippen molar-refractivity contribution in [1.29, 1.82) is 0 Å². The number of urea groups is 1. The van der Waals surface area contributed by atoms with Crippen LogP contribution in [0, 0.1) is 0 Å². The number of imidazole rings is 1. The number of anilines is 3. The summed E-state index contributed by atoms with van der Waals surface area (Å²) in [6.45, 7) is 0.175. The van der Waals surface area contributed by atoms with Crippen molar-refractivity contribution in [2.45, 2.75) is 25.2 Å². The molecule has 1 aliphatic rings. The molecule has 1 saturated heterocycles. The molecule has 36 heavy (non-hydrogen) atoms. The third-order valence-electron chi connectivity index (χ3n) is 5.68. The Morgan fingerprint density at radius 3 is 2.75 bits per heavy atom. The van der Waals surface area contributed by atoms with Gasteiger partial charge in [0, 0.05) is 11.4 Å². The number of carbonyl (C=O) groups excluding carboxylic acids is 1. The van der Waals surface area contributed by atoms with Crippen LogP contribution in [-0.2, 0) is 4.74 Å². The van der Waals surface area contributed by atoms with Gasteiger partial charge < -0.3 is 25.6 Å². The quantitative estimate of drug-likeness (QED) is 0.284. The maximum absolute atomic E-state index is 12.4. The van der Waals surface area contributed by atoms with Crippen LogP contribution in [0.1, 0.15) is 29.4 Å². The molecule has 0 spiro atoms. The van der Waals surface area contributed by atoms with Crippen molar-refractivity contribution in [2.24, 2.45) is 0 Å². The fourth-order valence-electron chi connectivity index (χ4n) is 3.98. The van der Waals surface area contributed by atoms with E-state index in [-0.39, 0.29) is 36.1 Å². The normalized spacial score (nSPS) is 17.1. The number of nitrogens with one attached hydrogen (secondary N) is 2. The number of carboxylic acid groups (broad SMARTS) is 1. The number of benzene rings is 2. The van der Waals surface area contributed by atoms with E-state index in [1.165, 1.54) is 18.5 Å². The molecule has 4 aromatic rings. The second-order valence-electron chi connectivity index (χ2n) is 8.15. The number of nitrogens with zero attached hydrogens (tertiary/aromatic N) is 4. The Morgan fingerprint density at radius 2 is 1.94 bits per heavy atom. The van der Waals surface area contributed by atoms with E-state index in [1.807, 2.05) is 18.2 Å². The fourth-order valence-corrected chi connectivity index (χ4v) is 3.98. The Morgan fingerprint density at radius 1 is 1.11 bits per heavy atom. The molecule has 2 aromatic carbocycles. The minimum atomic E-state index is -1.12. The van der Waals surface area contributed by atoms with Gasteiger partial charge >= 0.3 is 12.0 Å². The van der Waals surface area contributed by atoms with Crippen LogP contribution in [0.15, 0.2) is 61.2 Å². The van der Waals surface area contributed by atoms with Gasteiger partial charge in [-0.1, -0.05) is 18.2 Å². The van der Waals surface area contributed by atoms with E-state index in [1.54, 1.807) is 29.1 Å². The summed E-state index contributed by atoms with van der Waals surface area (Å²) in [7, 11) is 0. The van der Waals surface area contributed by atoms with E-state index in [4.69, 9.17) is 15.2 Å². The minimum Gasteiger partial charge on any atom is -0.490 e. The molecule has 3 heterocycles. The second-order valence-corrected chi connectivity index (χ2v) is 8.15. The molecule has 0 aliphatic carbocycles. The molecular formula is C24H23N7O5. The average molecular weight is 489 g/mol. The van der Waals surface area contributed by atoms with Crippen molar-refractivity contribution >= 4 is 40.4 Å². The molecule has 12 heteroatoms. The topological polar surface area (TPSA) is 167 Å². The molecule has 5 N–H and O–H groups in total. The van der Waals surface area contributed by atoms with E-state index < -0.39 is 12.0 Å². The minimum absolute atomic E-state index is 0.00168. The lowest BCUT2D eigenvalue weighted by Gasteiger charge is -2.17. The van der Waals surface area contributed by atoms with Gasteiger partial charge in [-0.2, -0.15) is 0 Å². The highest BCUT2D eigenvalue weighted by molar-refractivity contribution is 6.02. The zero-order chi connectivity index (χ0) is 25.1. The van der Waals surface area contributed by atoms with Gasteiger partial charge in [-0.15, -0.1) is 0 Å². The molecule has 0 radical (unpaired) electrons. The first-order valence-corrected chi connectivity index (χ1v) is 11.2. The summed E-state index contributed by atoms with van der Waals surface area (Å²) in [5, 5.41) is 14.8. The lowest BCUT2D eigenvalue weighted by molar-refractivity contribution is -0.0160. The summed E-state index contributed by atoms with van der Waals surface area (Å²) in [5.41, 5.74) is 7.61. The molecule has 1 fully saturated rings. The van der Waals surface area contributed by atoms with Crippen LogP contribution >= 0.6 is 0 Å². The number of rotatable bonds is 7. The first-order valence-electron chi connectivity index (χ1n) is 11.2.